The third kappa shape index (κ3) is 5.16. The number of hydrogen-bond donors (Lipinski definition) is 1. The molecule has 0 aromatic heterocycles. The lowest BCUT2D eigenvalue weighted by molar-refractivity contribution is -0.124. The molecule has 2 amide bonds. The Morgan fingerprint density at radius 1 is 1.14 bits per heavy atom. The Bertz CT molecular complexity index is 855. The Kier molecular flexibility index (Phi) is 6.92. The van der Waals surface area contributed by atoms with E-state index in [-0.39, 0.29) is 23.0 Å². The third-order valence-corrected chi connectivity index (χ3v) is 6.17. The molecule has 1 aliphatic rings. The second-order valence-electron chi connectivity index (χ2n) is 7.43. The molecule has 2 atom stereocenters. The van der Waals surface area contributed by atoms with Crippen LogP contribution in [-0.4, -0.2) is 60.6 Å². The third-order valence-electron chi connectivity index (χ3n) is 4.85. The largest absolute Gasteiger partial charge is 0.353 e. The quantitative estimate of drug-likeness (QED) is 0.788. The molecule has 1 heterocycles. The van der Waals surface area contributed by atoms with Crippen LogP contribution in [0.1, 0.15) is 26.9 Å². The van der Waals surface area contributed by atoms with Gasteiger partial charge < -0.3 is 15.1 Å². The van der Waals surface area contributed by atoms with Crippen LogP contribution in [0, 0.1) is 12.7 Å². The number of likely N-dealkylation sites (N-methyl/N-ethyl adjacent to an activating group) is 1. The zero-order chi connectivity index (χ0) is 21.0. The molecular formula is C22H26FN3O2S. The van der Waals surface area contributed by atoms with Gasteiger partial charge in [0.2, 0.25) is 5.91 Å². The number of halogens is 1. The summed E-state index contributed by atoms with van der Waals surface area (Å²) in [7, 11) is 3.88. The summed E-state index contributed by atoms with van der Waals surface area (Å²) in [4.78, 5) is 29.8. The average Bonchev–Trinajstić information content (AvgIpc) is 3.13. The summed E-state index contributed by atoms with van der Waals surface area (Å²) in [5.41, 5.74) is 2.40. The first-order chi connectivity index (χ1) is 13.9. The lowest BCUT2D eigenvalue weighted by Crippen LogP contribution is -2.49. The molecule has 1 aliphatic heterocycles. The van der Waals surface area contributed by atoms with Crippen molar-refractivity contribution in [3.8, 4) is 0 Å². The van der Waals surface area contributed by atoms with Crippen LogP contribution in [0.5, 0.6) is 0 Å². The van der Waals surface area contributed by atoms with Gasteiger partial charge in [0.1, 0.15) is 17.2 Å². The Morgan fingerprint density at radius 2 is 1.79 bits per heavy atom. The number of rotatable bonds is 6. The van der Waals surface area contributed by atoms with Gasteiger partial charge in [0.05, 0.1) is 0 Å². The highest BCUT2D eigenvalue weighted by Gasteiger charge is 2.42. The fraction of sp³-hybridized carbons (Fsp3) is 0.364. The van der Waals surface area contributed by atoms with E-state index in [4.69, 9.17) is 0 Å². The summed E-state index contributed by atoms with van der Waals surface area (Å²) < 4.78 is 13.4. The molecule has 3 rings (SSSR count). The number of hydrogen-bond acceptors (Lipinski definition) is 4. The van der Waals surface area contributed by atoms with Crippen molar-refractivity contribution in [2.45, 2.75) is 18.3 Å². The van der Waals surface area contributed by atoms with Crippen LogP contribution in [0.4, 0.5) is 4.39 Å². The van der Waals surface area contributed by atoms with E-state index in [9.17, 15) is 14.0 Å². The summed E-state index contributed by atoms with van der Waals surface area (Å²) in [6, 6.07) is 12.9. The first-order valence-electron chi connectivity index (χ1n) is 9.55. The van der Waals surface area contributed by atoms with Crippen LogP contribution in [0.2, 0.25) is 0 Å². The minimum Gasteiger partial charge on any atom is -0.353 e. The summed E-state index contributed by atoms with van der Waals surface area (Å²) >= 11 is 1.52. The number of nitrogens with zero attached hydrogens (tertiary/aromatic N) is 2. The number of benzene rings is 2. The molecule has 0 aliphatic carbocycles. The maximum absolute atomic E-state index is 13.4. The number of carbonyl (C=O) groups is 2. The van der Waals surface area contributed by atoms with Gasteiger partial charge in [-0.25, -0.2) is 4.39 Å². The van der Waals surface area contributed by atoms with Gasteiger partial charge in [-0.3, -0.25) is 9.59 Å². The zero-order valence-electron chi connectivity index (χ0n) is 16.9. The molecular weight excluding hydrogens is 389 g/mol. The van der Waals surface area contributed by atoms with Crippen molar-refractivity contribution in [2.24, 2.45) is 0 Å². The summed E-state index contributed by atoms with van der Waals surface area (Å²) in [6.07, 6.45) is 0. The van der Waals surface area contributed by atoms with Crippen LogP contribution < -0.4 is 5.32 Å². The second-order valence-corrected chi connectivity index (χ2v) is 8.54. The summed E-state index contributed by atoms with van der Waals surface area (Å²) in [6.45, 7) is 3.20. The minimum absolute atomic E-state index is 0.163. The Labute approximate surface area is 175 Å². The molecule has 2 unspecified atom stereocenters. The predicted octanol–water partition coefficient (Wildman–Crippen LogP) is 3.07. The van der Waals surface area contributed by atoms with Crippen molar-refractivity contribution >= 4 is 23.6 Å². The molecule has 29 heavy (non-hydrogen) atoms. The Morgan fingerprint density at radius 3 is 2.41 bits per heavy atom. The highest BCUT2D eigenvalue weighted by molar-refractivity contribution is 7.99. The Balaban J connectivity index is 1.87. The van der Waals surface area contributed by atoms with E-state index in [1.54, 1.807) is 29.2 Å². The van der Waals surface area contributed by atoms with Gasteiger partial charge in [0.25, 0.3) is 5.91 Å². The number of amides is 2. The molecule has 1 saturated heterocycles. The average molecular weight is 416 g/mol. The maximum atomic E-state index is 13.4. The molecule has 7 heteroatoms. The molecule has 2 aromatic rings. The normalized spacial score (nSPS) is 18.9. The molecule has 1 fully saturated rings. The van der Waals surface area contributed by atoms with E-state index in [0.29, 0.717) is 17.9 Å². The highest BCUT2D eigenvalue weighted by Crippen LogP contribution is 2.42. The van der Waals surface area contributed by atoms with Crippen LogP contribution >= 0.6 is 11.8 Å². The fourth-order valence-electron chi connectivity index (χ4n) is 3.21. The first kappa shape index (κ1) is 21.3. The SMILES string of the molecule is Cc1ccc(C(=O)N2C(C(=O)NCCN(C)C)CSC2c2ccc(F)cc2)cc1. The van der Waals surface area contributed by atoms with Gasteiger partial charge in [-0.15, -0.1) is 11.8 Å². The molecule has 2 aromatic carbocycles. The van der Waals surface area contributed by atoms with Crippen LogP contribution in [-0.2, 0) is 4.79 Å². The molecule has 0 saturated carbocycles. The molecule has 5 nitrogen and oxygen atoms in total. The van der Waals surface area contributed by atoms with E-state index >= 15 is 0 Å². The van der Waals surface area contributed by atoms with E-state index < -0.39 is 6.04 Å². The first-order valence-corrected chi connectivity index (χ1v) is 10.6. The smallest absolute Gasteiger partial charge is 0.255 e. The standard InChI is InChI=1S/C22H26FN3O2S/c1-15-4-6-16(7-5-15)21(28)26-19(20(27)24-12-13-25(2)3)14-29-22(26)17-8-10-18(23)11-9-17/h4-11,19,22H,12-14H2,1-3H3,(H,24,27). The van der Waals surface area contributed by atoms with E-state index in [0.717, 1.165) is 17.7 Å². The topological polar surface area (TPSA) is 52.7 Å². The van der Waals surface area contributed by atoms with Gasteiger partial charge in [-0.2, -0.15) is 0 Å². The number of aryl methyl sites for hydroxylation is 1. The number of carbonyl (C=O) groups excluding carboxylic acids is 2. The predicted molar refractivity (Wildman–Crippen MR) is 114 cm³/mol. The lowest BCUT2D eigenvalue weighted by Gasteiger charge is -2.29. The van der Waals surface area contributed by atoms with Gasteiger partial charge >= 0.3 is 0 Å². The summed E-state index contributed by atoms with van der Waals surface area (Å²) in [5, 5.41) is 2.60. The molecule has 0 bridgehead atoms. The molecule has 154 valence electrons. The fourth-order valence-corrected chi connectivity index (χ4v) is 4.64. The van der Waals surface area contributed by atoms with Crippen molar-refractivity contribution < 1.29 is 14.0 Å². The monoisotopic (exact) mass is 415 g/mol. The van der Waals surface area contributed by atoms with Crippen molar-refractivity contribution in [1.29, 1.82) is 0 Å². The van der Waals surface area contributed by atoms with Crippen molar-refractivity contribution in [3.63, 3.8) is 0 Å². The Hall–Kier alpha value is -2.38. The number of thioether (sulfide) groups is 1. The van der Waals surface area contributed by atoms with Gasteiger partial charge in [-0.05, 0) is 50.8 Å². The van der Waals surface area contributed by atoms with E-state index in [2.05, 4.69) is 5.32 Å². The molecule has 0 radical (unpaired) electrons. The van der Waals surface area contributed by atoms with Crippen molar-refractivity contribution in [1.82, 2.24) is 15.1 Å². The highest BCUT2D eigenvalue weighted by atomic mass is 32.2. The zero-order valence-corrected chi connectivity index (χ0v) is 17.7. The lowest BCUT2D eigenvalue weighted by atomic mass is 10.1. The minimum atomic E-state index is -0.578. The van der Waals surface area contributed by atoms with Crippen LogP contribution in [0.3, 0.4) is 0 Å². The van der Waals surface area contributed by atoms with Gasteiger partial charge in [-0.1, -0.05) is 29.8 Å². The molecule has 0 spiro atoms. The van der Waals surface area contributed by atoms with Crippen LogP contribution in [0.25, 0.3) is 0 Å². The maximum Gasteiger partial charge on any atom is 0.255 e. The van der Waals surface area contributed by atoms with Crippen molar-refractivity contribution in [3.05, 3.63) is 71.0 Å². The summed E-state index contributed by atoms with van der Waals surface area (Å²) in [5.74, 6) is -0.194. The van der Waals surface area contributed by atoms with Gasteiger partial charge in [0.15, 0.2) is 0 Å². The van der Waals surface area contributed by atoms with E-state index in [1.165, 1.54) is 23.9 Å². The van der Waals surface area contributed by atoms with E-state index in [1.807, 2.05) is 38.1 Å². The second kappa shape index (κ2) is 9.41. The van der Waals surface area contributed by atoms with Crippen molar-refractivity contribution in [2.75, 3.05) is 32.9 Å². The van der Waals surface area contributed by atoms with Crippen LogP contribution in [0.15, 0.2) is 48.5 Å². The molecule has 1 N–H and O–H groups in total. The number of nitrogens with one attached hydrogen (secondary N) is 1. The van der Waals surface area contributed by atoms with Gasteiger partial charge in [0, 0.05) is 24.4 Å².